The van der Waals surface area contributed by atoms with Crippen LogP contribution in [0.3, 0.4) is 0 Å². The summed E-state index contributed by atoms with van der Waals surface area (Å²) in [4.78, 5) is 0. The van der Waals surface area contributed by atoms with Gasteiger partial charge in [0.2, 0.25) is 0 Å². The van der Waals surface area contributed by atoms with E-state index < -0.39 is 0 Å². The molecule has 0 amide bonds. The van der Waals surface area contributed by atoms with E-state index in [1.807, 2.05) is 0 Å². The van der Waals surface area contributed by atoms with Crippen molar-refractivity contribution in [2.45, 2.75) is 31.8 Å². The van der Waals surface area contributed by atoms with Gasteiger partial charge in [0.1, 0.15) is 0 Å². The predicted molar refractivity (Wildman–Crippen MR) is 40.6 cm³/mol. The maximum Gasteiger partial charge on any atom is 0.0758 e. The Morgan fingerprint density at radius 2 is 2.10 bits per heavy atom. The lowest BCUT2D eigenvalue weighted by atomic mass is 9.99. The molecule has 0 radical (unpaired) electrons. The summed E-state index contributed by atoms with van der Waals surface area (Å²) in [5.41, 5.74) is 2.80. The Bertz CT molecular complexity index is 201. The number of rotatable bonds is 0. The molecular formula is C9H12O. The van der Waals surface area contributed by atoms with Crippen LogP contribution in [0.2, 0.25) is 0 Å². The van der Waals surface area contributed by atoms with Gasteiger partial charge in [0.25, 0.3) is 0 Å². The van der Waals surface area contributed by atoms with Gasteiger partial charge in [-0.2, -0.15) is 0 Å². The van der Waals surface area contributed by atoms with Crippen LogP contribution in [0.25, 0.3) is 0 Å². The van der Waals surface area contributed by atoms with E-state index in [1.165, 1.54) is 11.1 Å². The van der Waals surface area contributed by atoms with Crippen LogP contribution in [0, 0.1) is 0 Å². The average Bonchev–Trinajstić information content (AvgIpc) is 2.34. The van der Waals surface area contributed by atoms with Crippen LogP contribution < -0.4 is 0 Å². The fourth-order valence-corrected chi connectivity index (χ4v) is 1.83. The van der Waals surface area contributed by atoms with Gasteiger partial charge in [0.05, 0.1) is 6.10 Å². The van der Waals surface area contributed by atoms with Crippen LogP contribution in [0.1, 0.15) is 25.7 Å². The monoisotopic (exact) mass is 136 g/mol. The molecule has 1 heteroatoms. The summed E-state index contributed by atoms with van der Waals surface area (Å²) in [6.07, 6.45) is 8.43. The summed E-state index contributed by atoms with van der Waals surface area (Å²) >= 11 is 0. The van der Waals surface area contributed by atoms with Gasteiger partial charge in [-0.05, 0) is 31.3 Å². The highest BCUT2D eigenvalue weighted by Gasteiger charge is 2.22. The molecule has 0 aliphatic heterocycles. The lowest BCUT2D eigenvalue weighted by molar-refractivity contribution is 0.210. The van der Waals surface area contributed by atoms with Crippen molar-refractivity contribution >= 4 is 0 Å². The Labute approximate surface area is 61.1 Å². The summed E-state index contributed by atoms with van der Waals surface area (Å²) in [6.45, 7) is 0. The molecule has 0 heterocycles. The molecule has 0 spiro atoms. The summed E-state index contributed by atoms with van der Waals surface area (Å²) in [7, 11) is 0. The third-order valence-corrected chi connectivity index (χ3v) is 2.44. The first-order chi connectivity index (χ1) is 4.88. The molecule has 0 aromatic heterocycles. The molecule has 0 saturated carbocycles. The molecule has 0 saturated heterocycles. The third kappa shape index (κ3) is 0.816. The minimum atomic E-state index is -0.111. The van der Waals surface area contributed by atoms with Gasteiger partial charge in [0, 0.05) is 0 Å². The molecule has 1 atom stereocenters. The van der Waals surface area contributed by atoms with Crippen LogP contribution in [-0.4, -0.2) is 11.2 Å². The number of aliphatic hydroxyl groups is 1. The average molecular weight is 136 g/mol. The molecule has 0 aromatic rings. The molecule has 54 valence electrons. The fourth-order valence-electron chi connectivity index (χ4n) is 1.83. The highest BCUT2D eigenvalue weighted by molar-refractivity contribution is 5.31. The molecule has 2 aliphatic rings. The van der Waals surface area contributed by atoms with Crippen molar-refractivity contribution in [1.82, 2.24) is 0 Å². The van der Waals surface area contributed by atoms with E-state index in [2.05, 4.69) is 12.2 Å². The van der Waals surface area contributed by atoms with Crippen LogP contribution in [0.15, 0.2) is 23.3 Å². The van der Waals surface area contributed by atoms with Crippen molar-refractivity contribution in [3.05, 3.63) is 23.3 Å². The standard InChI is InChI=1S/C9H12O/c10-9-6-5-7-3-1-2-4-8(7)9/h1-2,9-10H,3-6H2. The molecule has 0 bridgehead atoms. The van der Waals surface area contributed by atoms with Crippen molar-refractivity contribution in [2.75, 3.05) is 0 Å². The Kier molecular flexibility index (Phi) is 1.38. The highest BCUT2D eigenvalue weighted by atomic mass is 16.3. The smallest absolute Gasteiger partial charge is 0.0758 e. The minimum Gasteiger partial charge on any atom is -0.389 e. The van der Waals surface area contributed by atoms with Gasteiger partial charge in [-0.25, -0.2) is 0 Å². The van der Waals surface area contributed by atoms with Gasteiger partial charge in [-0.15, -0.1) is 0 Å². The molecule has 1 unspecified atom stereocenters. The normalized spacial score (nSPS) is 31.1. The zero-order valence-electron chi connectivity index (χ0n) is 6.01. The summed E-state index contributed by atoms with van der Waals surface area (Å²) in [5, 5.41) is 9.43. The lowest BCUT2D eigenvalue weighted by Gasteiger charge is -2.10. The quantitative estimate of drug-likeness (QED) is 0.503. The molecule has 10 heavy (non-hydrogen) atoms. The van der Waals surface area contributed by atoms with Gasteiger partial charge in [0.15, 0.2) is 0 Å². The Balaban J connectivity index is 2.23. The molecule has 0 aromatic carbocycles. The number of aliphatic hydroxyl groups excluding tert-OH is 1. The molecular weight excluding hydrogens is 124 g/mol. The largest absolute Gasteiger partial charge is 0.389 e. The van der Waals surface area contributed by atoms with E-state index in [4.69, 9.17) is 0 Å². The van der Waals surface area contributed by atoms with Crippen molar-refractivity contribution < 1.29 is 5.11 Å². The molecule has 1 nitrogen and oxygen atoms in total. The molecule has 1 N–H and O–H groups in total. The van der Waals surface area contributed by atoms with Crippen molar-refractivity contribution in [1.29, 1.82) is 0 Å². The van der Waals surface area contributed by atoms with Crippen LogP contribution in [0.5, 0.6) is 0 Å². The number of hydrogen-bond acceptors (Lipinski definition) is 1. The second-order valence-electron chi connectivity index (χ2n) is 3.06. The Morgan fingerprint density at radius 3 is 2.90 bits per heavy atom. The van der Waals surface area contributed by atoms with Crippen LogP contribution >= 0.6 is 0 Å². The van der Waals surface area contributed by atoms with Gasteiger partial charge >= 0.3 is 0 Å². The second-order valence-corrected chi connectivity index (χ2v) is 3.06. The zero-order valence-corrected chi connectivity index (χ0v) is 6.01. The van der Waals surface area contributed by atoms with Crippen LogP contribution in [-0.2, 0) is 0 Å². The molecule has 2 rings (SSSR count). The highest BCUT2D eigenvalue weighted by Crippen LogP contribution is 2.33. The van der Waals surface area contributed by atoms with E-state index in [-0.39, 0.29) is 6.10 Å². The summed E-state index contributed by atoms with van der Waals surface area (Å²) < 4.78 is 0. The van der Waals surface area contributed by atoms with Crippen molar-refractivity contribution in [2.24, 2.45) is 0 Å². The maximum absolute atomic E-state index is 9.43. The maximum atomic E-state index is 9.43. The first-order valence-electron chi connectivity index (χ1n) is 3.92. The third-order valence-electron chi connectivity index (χ3n) is 2.44. The SMILES string of the molecule is OC1CCC2=C1CC=CC2. The first-order valence-corrected chi connectivity index (χ1v) is 3.92. The first kappa shape index (κ1) is 6.17. The molecule has 2 aliphatic carbocycles. The van der Waals surface area contributed by atoms with Crippen molar-refractivity contribution in [3.63, 3.8) is 0 Å². The van der Waals surface area contributed by atoms with Gasteiger partial charge < -0.3 is 5.11 Å². The summed E-state index contributed by atoms with van der Waals surface area (Å²) in [5.74, 6) is 0. The molecule has 0 fully saturated rings. The Hall–Kier alpha value is -0.560. The van der Waals surface area contributed by atoms with E-state index in [1.54, 1.807) is 0 Å². The predicted octanol–water partition coefficient (Wildman–Crippen LogP) is 1.79. The van der Waals surface area contributed by atoms with E-state index in [0.717, 1.165) is 25.7 Å². The summed E-state index contributed by atoms with van der Waals surface area (Å²) in [6, 6.07) is 0. The number of hydrogen-bond donors (Lipinski definition) is 1. The van der Waals surface area contributed by atoms with E-state index >= 15 is 0 Å². The Morgan fingerprint density at radius 1 is 1.30 bits per heavy atom. The topological polar surface area (TPSA) is 20.2 Å². The van der Waals surface area contributed by atoms with Crippen molar-refractivity contribution in [3.8, 4) is 0 Å². The van der Waals surface area contributed by atoms with Gasteiger partial charge in [-0.3, -0.25) is 0 Å². The second kappa shape index (κ2) is 2.24. The van der Waals surface area contributed by atoms with Crippen LogP contribution in [0.4, 0.5) is 0 Å². The number of allylic oxidation sites excluding steroid dienone is 3. The zero-order chi connectivity index (χ0) is 6.97. The van der Waals surface area contributed by atoms with Gasteiger partial charge in [-0.1, -0.05) is 17.7 Å². The fraction of sp³-hybridized carbons (Fsp3) is 0.556. The minimum absolute atomic E-state index is 0.111. The lowest BCUT2D eigenvalue weighted by Crippen LogP contribution is -2.04. The van der Waals surface area contributed by atoms with E-state index in [9.17, 15) is 5.11 Å². The van der Waals surface area contributed by atoms with E-state index in [0.29, 0.717) is 0 Å².